The molecule has 0 bridgehead atoms. The molecule has 3 rings (SSSR count). The number of amidine groups is 1. The fraction of sp³-hybridized carbons (Fsp3) is 0.562. The summed E-state index contributed by atoms with van der Waals surface area (Å²) in [6.07, 6.45) is 8.19. The number of piperidine rings is 1. The van der Waals surface area contributed by atoms with Crippen LogP contribution in [-0.2, 0) is 0 Å². The molecule has 0 aromatic heterocycles. The largest absolute Gasteiger partial charge is 0.409 e. The monoisotopic (exact) mass is 307 g/mol. The van der Waals surface area contributed by atoms with E-state index in [4.69, 9.17) is 22.5 Å². The van der Waals surface area contributed by atoms with Crippen molar-refractivity contribution in [3.8, 4) is 0 Å². The van der Waals surface area contributed by atoms with Crippen LogP contribution in [0.3, 0.4) is 0 Å². The summed E-state index contributed by atoms with van der Waals surface area (Å²) < 4.78 is 0. The quantitative estimate of drug-likeness (QED) is 0.380. The number of halogens is 1. The van der Waals surface area contributed by atoms with E-state index in [1.165, 1.54) is 38.5 Å². The summed E-state index contributed by atoms with van der Waals surface area (Å²) in [5, 5.41) is 12.3. The van der Waals surface area contributed by atoms with Crippen molar-refractivity contribution in [1.82, 2.24) is 0 Å². The van der Waals surface area contributed by atoms with Crippen molar-refractivity contribution in [1.29, 1.82) is 0 Å². The fourth-order valence-corrected chi connectivity index (χ4v) is 4.10. The number of nitrogens with zero attached hydrogens (tertiary/aromatic N) is 2. The second kappa shape index (κ2) is 5.76. The molecule has 3 N–H and O–H groups in total. The smallest absolute Gasteiger partial charge is 0.171 e. The Labute approximate surface area is 130 Å². The Kier molecular flexibility index (Phi) is 3.98. The van der Waals surface area contributed by atoms with Crippen LogP contribution in [0.5, 0.6) is 0 Å². The van der Waals surface area contributed by atoms with Gasteiger partial charge in [0.25, 0.3) is 0 Å². The molecule has 1 aliphatic carbocycles. The molecule has 1 saturated carbocycles. The molecular weight excluding hydrogens is 286 g/mol. The van der Waals surface area contributed by atoms with E-state index in [2.05, 4.69) is 10.1 Å². The van der Waals surface area contributed by atoms with E-state index in [0.717, 1.165) is 18.8 Å². The Bertz CT molecular complexity index is 542. The molecular formula is C16H22ClN3O. The second-order valence-electron chi connectivity index (χ2n) is 6.34. The standard InChI is InChI=1S/C16H22ClN3O/c17-14-11-12(3-4-13(14)15(18)19-21)20-9-7-16(8-10-20)5-1-2-6-16/h3-4,11,21H,1-2,5-10H2,(H2,18,19). The van der Waals surface area contributed by atoms with Crippen molar-refractivity contribution in [2.45, 2.75) is 38.5 Å². The van der Waals surface area contributed by atoms with Crippen LogP contribution in [-0.4, -0.2) is 24.1 Å². The second-order valence-corrected chi connectivity index (χ2v) is 6.75. The Balaban J connectivity index is 1.72. The molecule has 21 heavy (non-hydrogen) atoms. The molecule has 1 heterocycles. The summed E-state index contributed by atoms with van der Waals surface area (Å²) in [7, 11) is 0. The zero-order valence-electron chi connectivity index (χ0n) is 12.2. The molecule has 1 saturated heterocycles. The fourth-order valence-electron chi connectivity index (χ4n) is 3.83. The Morgan fingerprint density at radius 3 is 2.43 bits per heavy atom. The summed E-state index contributed by atoms with van der Waals surface area (Å²) in [4.78, 5) is 2.39. The Hall–Kier alpha value is -1.42. The number of nitrogens with two attached hydrogens (primary N) is 1. The van der Waals surface area contributed by atoms with E-state index in [0.29, 0.717) is 16.0 Å². The molecule has 0 radical (unpaired) electrons. The van der Waals surface area contributed by atoms with Gasteiger partial charge >= 0.3 is 0 Å². The van der Waals surface area contributed by atoms with Crippen LogP contribution in [0, 0.1) is 5.41 Å². The van der Waals surface area contributed by atoms with Gasteiger partial charge in [0.1, 0.15) is 0 Å². The Morgan fingerprint density at radius 1 is 1.19 bits per heavy atom. The number of hydrogen-bond acceptors (Lipinski definition) is 3. The van der Waals surface area contributed by atoms with Gasteiger partial charge in [-0.15, -0.1) is 0 Å². The molecule has 1 aromatic carbocycles. The van der Waals surface area contributed by atoms with E-state index >= 15 is 0 Å². The van der Waals surface area contributed by atoms with Crippen LogP contribution in [0.2, 0.25) is 5.02 Å². The maximum Gasteiger partial charge on any atom is 0.171 e. The minimum Gasteiger partial charge on any atom is -0.409 e. The maximum absolute atomic E-state index is 8.74. The SMILES string of the molecule is NC(=NO)c1ccc(N2CCC3(CCCC3)CC2)cc1Cl. The van der Waals surface area contributed by atoms with Crippen molar-refractivity contribution in [3.05, 3.63) is 28.8 Å². The first-order valence-electron chi connectivity index (χ1n) is 7.66. The predicted molar refractivity (Wildman–Crippen MR) is 86.3 cm³/mol. The Morgan fingerprint density at radius 2 is 1.86 bits per heavy atom. The van der Waals surface area contributed by atoms with Crippen molar-refractivity contribution >= 4 is 23.1 Å². The lowest BCUT2D eigenvalue weighted by molar-refractivity contribution is 0.226. The highest BCUT2D eigenvalue weighted by Crippen LogP contribution is 2.46. The summed E-state index contributed by atoms with van der Waals surface area (Å²) in [5.41, 5.74) is 7.93. The third kappa shape index (κ3) is 2.82. The van der Waals surface area contributed by atoms with E-state index in [1.807, 2.05) is 18.2 Å². The van der Waals surface area contributed by atoms with Crippen molar-refractivity contribution in [3.63, 3.8) is 0 Å². The highest BCUT2D eigenvalue weighted by molar-refractivity contribution is 6.34. The average Bonchev–Trinajstić information content (AvgIpc) is 2.95. The lowest BCUT2D eigenvalue weighted by Crippen LogP contribution is -2.38. The molecule has 1 spiro atoms. The zero-order valence-corrected chi connectivity index (χ0v) is 12.9. The van der Waals surface area contributed by atoms with Crippen molar-refractivity contribution in [2.75, 3.05) is 18.0 Å². The molecule has 0 atom stereocenters. The first-order valence-corrected chi connectivity index (χ1v) is 8.04. The van der Waals surface area contributed by atoms with E-state index in [1.54, 1.807) is 0 Å². The van der Waals surface area contributed by atoms with E-state index in [9.17, 15) is 0 Å². The molecule has 1 aromatic rings. The molecule has 0 amide bonds. The minimum absolute atomic E-state index is 0.0510. The number of oxime groups is 1. The third-order valence-electron chi connectivity index (χ3n) is 5.19. The highest BCUT2D eigenvalue weighted by Gasteiger charge is 2.36. The summed E-state index contributed by atoms with van der Waals surface area (Å²) in [5.74, 6) is 0.0510. The molecule has 5 heteroatoms. The first kappa shape index (κ1) is 14.5. The normalized spacial score (nSPS) is 22.0. The maximum atomic E-state index is 8.74. The molecule has 4 nitrogen and oxygen atoms in total. The number of hydrogen-bond donors (Lipinski definition) is 2. The van der Waals surface area contributed by atoms with Crippen LogP contribution in [0.15, 0.2) is 23.4 Å². The number of rotatable bonds is 2. The topological polar surface area (TPSA) is 61.9 Å². The van der Waals surface area contributed by atoms with Crippen molar-refractivity contribution in [2.24, 2.45) is 16.3 Å². The van der Waals surface area contributed by atoms with Gasteiger partial charge in [-0.25, -0.2) is 0 Å². The van der Waals surface area contributed by atoms with Gasteiger partial charge in [0.2, 0.25) is 0 Å². The molecule has 2 aliphatic rings. The van der Waals surface area contributed by atoms with Crippen LogP contribution >= 0.6 is 11.6 Å². The van der Waals surface area contributed by atoms with E-state index < -0.39 is 0 Å². The molecule has 0 unspecified atom stereocenters. The first-order chi connectivity index (χ1) is 10.1. The minimum atomic E-state index is 0.0510. The molecule has 2 fully saturated rings. The molecule has 1 aliphatic heterocycles. The molecule has 114 valence electrons. The van der Waals surface area contributed by atoms with Crippen molar-refractivity contribution < 1.29 is 5.21 Å². The van der Waals surface area contributed by atoms with Gasteiger partial charge in [-0.05, 0) is 49.3 Å². The summed E-state index contributed by atoms with van der Waals surface area (Å²) in [6.45, 7) is 2.19. The third-order valence-corrected chi connectivity index (χ3v) is 5.50. The van der Waals surface area contributed by atoms with Gasteiger partial charge in [-0.1, -0.05) is 29.6 Å². The van der Waals surface area contributed by atoms with Crippen LogP contribution in [0.25, 0.3) is 0 Å². The lowest BCUT2D eigenvalue weighted by atomic mass is 9.77. The lowest BCUT2D eigenvalue weighted by Gasteiger charge is -2.40. The number of anilines is 1. The average molecular weight is 308 g/mol. The summed E-state index contributed by atoms with van der Waals surface area (Å²) >= 11 is 6.24. The van der Waals surface area contributed by atoms with Gasteiger partial charge in [-0.3, -0.25) is 0 Å². The summed E-state index contributed by atoms with van der Waals surface area (Å²) in [6, 6.07) is 5.75. The van der Waals surface area contributed by atoms with Gasteiger partial charge in [-0.2, -0.15) is 0 Å². The van der Waals surface area contributed by atoms with Gasteiger partial charge < -0.3 is 15.8 Å². The van der Waals surface area contributed by atoms with E-state index in [-0.39, 0.29) is 5.84 Å². The number of benzene rings is 1. The van der Waals surface area contributed by atoms with Crippen LogP contribution in [0.4, 0.5) is 5.69 Å². The van der Waals surface area contributed by atoms with Gasteiger partial charge in [0.15, 0.2) is 5.84 Å². The van der Waals surface area contributed by atoms with Gasteiger partial charge in [0, 0.05) is 24.3 Å². The highest BCUT2D eigenvalue weighted by atomic mass is 35.5. The predicted octanol–water partition coefficient (Wildman–Crippen LogP) is 3.60. The zero-order chi connectivity index (χ0) is 14.9. The van der Waals surface area contributed by atoms with Crippen LogP contribution < -0.4 is 10.6 Å². The van der Waals surface area contributed by atoms with Gasteiger partial charge in [0.05, 0.1) is 5.02 Å². The van der Waals surface area contributed by atoms with Crippen LogP contribution in [0.1, 0.15) is 44.1 Å².